The van der Waals surface area contributed by atoms with Gasteiger partial charge in [0, 0.05) is 6.54 Å². The van der Waals surface area contributed by atoms with Crippen LogP contribution in [-0.2, 0) is 9.53 Å². The third-order valence-electron chi connectivity index (χ3n) is 2.18. The number of urea groups is 1. The Morgan fingerprint density at radius 2 is 2.17 bits per heavy atom. The van der Waals surface area contributed by atoms with E-state index in [9.17, 15) is 9.59 Å². The molecular formula is C12H22N2O4. The molecule has 0 aliphatic carbocycles. The second-order valence-electron chi connectivity index (χ2n) is 3.77. The van der Waals surface area contributed by atoms with Crippen molar-refractivity contribution in [1.29, 1.82) is 0 Å². The third-order valence-corrected chi connectivity index (χ3v) is 2.18. The van der Waals surface area contributed by atoms with Gasteiger partial charge in [0.1, 0.15) is 6.04 Å². The van der Waals surface area contributed by atoms with Crippen molar-refractivity contribution >= 4 is 12.0 Å². The Morgan fingerprint density at radius 3 is 2.72 bits per heavy atom. The quantitative estimate of drug-likeness (QED) is 0.405. The highest BCUT2D eigenvalue weighted by Gasteiger charge is 2.18. The Labute approximate surface area is 107 Å². The van der Waals surface area contributed by atoms with Gasteiger partial charge in [0.15, 0.2) is 0 Å². The van der Waals surface area contributed by atoms with E-state index in [0.29, 0.717) is 32.6 Å². The topological polar surface area (TPSA) is 87.7 Å². The van der Waals surface area contributed by atoms with Gasteiger partial charge in [-0.15, -0.1) is 6.58 Å². The van der Waals surface area contributed by atoms with E-state index in [1.807, 2.05) is 6.92 Å². The lowest BCUT2D eigenvalue weighted by Gasteiger charge is -2.14. The maximum Gasteiger partial charge on any atom is 0.326 e. The summed E-state index contributed by atoms with van der Waals surface area (Å²) in [6.45, 7) is 6.74. The molecule has 1 atom stereocenters. The molecule has 0 saturated carbocycles. The van der Waals surface area contributed by atoms with Gasteiger partial charge in [-0.3, -0.25) is 0 Å². The minimum Gasteiger partial charge on any atom is -0.480 e. The fraction of sp³-hybridized carbons (Fsp3) is 0.667. The molecule has 0 aliphatic heterocycles. The van der Waals surface area contributed by atoms with E-state index in [1.165, 1.54) is 0 Å². The highest BCUT2D eigenvalue weighted by atomic mass is 16.5. The smallest absolute Gasteiger partial charge is 0.326 e. The first kappa shape index (κ1) is 16.4. The molecule has 0 aromatic carbocycles. The largest absolute Gasteiger partial charge is 0.480 e. The van der Waals surface area contributed by atoms with E-state index in [0.717, 1.165) is 6.42 Å². The van der Waals surface area contributed by atoms with Gasteiger partial charge in [-0.05, 0) is 12.8 Å². The van der Waals surface area contributed by atoms with Gasteiger partial charge in [-0.1, -0.05) is 19.4 Å². The molecule has 0 heterocycles. The van der Waals surface area contributed by atoms with Crippen LogP contribution >= 0.6 is 0 Å². The Kier molecular flexibility index (Phi) is 9.67. The monoisotopic (exact) mass is 258 g/mol. The predicted molar refractivity (Wildman–Crippen MR) is 68.5 cm³/mol. The van der Waals surface area contributed by atoms with Crippen molar-refractivity contribution in [2.24, 2.45) is 0 Å². The van der Waals surface area contributed by atoms with E-state index in [-0.39, 0.29) is 0 Å². The number of hydrogen-bond donors (Lipinski definition) is 3. The molecule has 0 aromatic heterocycles. The van der Waals surface area contributed by atoms with E-state index < -0.39 is 18.0 Å². The zero-order valence-corrected chi connectivity index (χ0v) is 10.8. The van der Waals surface area contributed by atoms with E-state index in [1.54, 1.807) is 6.08 Å². The summed E-state index contributed by atoms with van der Waals surface area (Å²) in [5, 5.41) is 13.8. The predicted octanol–water partition coefficient (Wildman–Crippen LogP) is 1.13. The maximum absolute atomic E-state index is 11.4. The number of amides is 2. The Balaban J connectivity index is 3.68. The molecule has 0 spiro atoms. The van der Waals surface area contributed by atoms with Crippen molar-refractivity contribution in [1.82, 2.24) is 10.6 Å². The Morgan fingerprint density at radius 1 is 1.44 bits per heavy atom. The molecule has 6 nitrogen and oxygen atoms in total. The summed E-state index contributed by atoms with van der Waals surface area (Å²) < 4.78 is 5.19. The van der Waals surface area contributed by atoms with Crippen LogP contribution in [0.15, 0.2) is 12.7 Å². The summed E-state index contributed by atoms with van der Waals surface area (Å²) >= 11 is 0. The highest BCUT2D eigenvalue weighted by molar-refractivity contribution is 5.82. The second kappa shape index (κ2) is 10.6. The van der Waals surface area contributed by atoms with Crippen LogP contribution in [0.25, 0.3) is 0 Å². The minimum atomic E-state index is -1.02. The van der Waals surface area contributed by atoms with Crippen molar-refractivity contribution in [3.8, 4) is 0 Å². The number of ether oxygens (including phenoxy) is 1. The van der Waals surface area contributed by atoms with Gasteiger partial charge in [0.2, 0.25) is 0 Å². The number of nitrogens with one attached hydrogen (secondary N) is 2. The fourth-order valence-corrected chi connectivity index (χ4v) is 1.26. The first-order valence-electron chi connectivity index (χ1n) is 6.07. The summed E-state index contributed by atoms with van der Waals surface area (Å²) in [7, 11) is 0. The van der Waals surface area contributed by atoms with Gasteiger partial charge < -0.3 is 20.5 Å². The van der Waals surface area contributed by atoms with Gasteiger partial charge >= 0.3 is 12.0 Å². The van der Waals surface area contributed by atoms with Crippen LogP contribution in [0.2, 0.25) is 0 Å². The SMILES string of the molecule is C=CCCOCCNC(=O)NC(CCC)C(=O)O. The average molecular weight is 258 g/mol. The zero-order valence-electron chi connectivity index (χ0n) is 10.8. The van der Waals surface area contributed by atoms with Crippen LogP contribution in [0.3, 0.4) is 0 Å². The molecule has 0 radical (unpaired) electrons. The molecule has 0 aliphatic rings. The molecular weight excluding hydrogens is 236 g/mol. The van der Waals surface area contributed by atoms with Crippen LogP contribution in [0.5, 0.6) is 0 Å². The molecule has 1 unspecified atom stereocenters. The number of rotatable bonds is 10. The lowest BCUT2D eigenvalue weighted by atomic mass is 10.2. The number of carboxylic acids is 1. The molecule has 2 amide bonds. The van der Waals surface area contributed by atoms with Crippen molar-refractivity contribution in [2.45, 2.75) is 32.2 Å². The van der Waals surface area contributed by atoms with Crippen molar-refractivity contribution in [2.75, 3.05) is 19.8 Å². The molecule has 104 valence electrons. The van der Waals surface area contributed by atoms with Gasteiger partial charge in [-0.25, -0.2) is 9.59 Å². The Bertz CT molecular complexity index is 269. The normalized spacial score (nSPS) is 11.6. The lowest BCUT2D eigenvalue weighted by molar-refractivity contribution is -0.139. The third kappa shape index (κ3) is 8.58. The van der Waals surface area contributed by atoms with Gasteiger partial charge in [0.05, 0.1) is 13.2 Å². The standard InChI is InChI=1S/C12H22N2O4/c1-3-5-8-18-9-7-13-12(17)14-10(6-4-2)11(15)16/h3,10H,1,4-9H2,2H3,(H,15,16)(H2,13,14,17). The molecule has 6 heteroatoms. The lowest BCUT2D eigenvalue weighted by Crippen LogP contribution is -2.46. The number of carbonyl (C=O) groups is 2. The van der Waals surface area contributed by atoms with E-state index >= 15 is 0 Å². The average Bonchev–Trinajstić information content (AvgIpc) is 2.33. The molecule has 3 N–H and O–H groups in total. The van der Waals surface area contributed by atoms with Crippen LogP contribution in [-0.4, -0.2) is 42.9 Å². The summed E-state index contributed by atoms with van der Waals surface area (Å²) in [6.07, 6.45) is 3.63. The van der Waals surface area contributed by atoms with E-state index in [4.69, 9.17) is 9.84 Å². The van der Waals surface area contributed by atoms with Crippen LogP contribution < -0.4 is 10.6 Å². The summed E-state index contributed by atoms with van der Waals surface area (Å²) in [5.74, 6) is -1.02. The maximum atomic E-state index is 11.4. The van der Waals surface area contributed by atoms with Gasteiger partial charge in [-0.2, -0.15) is 0 Å². The van der Waals surface area contributed by atoms with Crippen LogP contribution in [0.4, 0.5) is 4.79 Å². The number of aliphatic carboxylic acids is 1. The fourth-order valence-electron chi connectivity index (χ4n) is 1.26. The molecule has 18 heavy (non-hydrogen) atoms. The molecule has 0 aromatic rings. The molecule has 0 saturated heterocycles. The first-order valence-corrected chi connectivity index (χ1v) is 6.07. The second-order valence-corrected chi connectivity index (χ2v) is 3.77. The highest BCUT2D eigenvalue weighted by Crippen LogP contribution is 1.96. The van der Waals surface area contributed by atoms with Crippen LogP contribution in [0.1, 0.15) is 26.2 Å². The van der Waals surface area contributed by atoms with Crippen LogP contribution in [0, 0.1) is 0 Å². The Hall–Kier alpha value is -1.56. The van der Waals surface area contributed by atoms with E-state index in [2.05, 4.69) is 17.2 Å². The summed E-state index contributed by atoms with van der Waals surface area (Å²) in [5.41, 5.74) is 0. The van der Waals surface area contributed by atoms with Crippen molar-refractivity contribution in [3.05, 3.63) is 12.7 Å². The molecule has 0 rings (SSSR count). The number of carbonyl (C=O) groups excluding carboxylic acids is 1. The van der Waals surface area contributed by atoms with Crippen molar-refractivity contribution < 1.29 is 19.4 Å². The van der Waals surface area contributed by atoms with Gasteiger partial charge in [0.25, 0.3) is 0 Å². The summed E-state index contributed by atoms with van der Waals surface area (Å²) in [4.78, 5) is 22.2. The first-order chi connectivity index (χ1) is 8.61. The number of hydrogen-bond acceptors (Lipinski definition) is 3. The molecule has 0 bridgehead atoms. The minimum absolute atomic E-state index is 0.349. The van der Waals surface area contributed by atoms with Crippen molar-refractivity contribution in [3.63, 3.8) is 0 Å². The summed E-state index contributed by atoms with van der Waals surface area (Å²) in [6, 6.07) is -1.32. The number of carboxylic acid groups (broad SMARTS) is 1. The zero-order chi connectivity index (χ0) is 13.8. The molecule has 0 fully saturated rings.